The van der Waals surface area contributed by atoms with Crippen molar-refractivity contribution in [1.82, 2.24) is 5.32 Å². The fraction of sp³-hybridized carbons (Fsp3) is 0.464. The number of rotatable bonds is 8. The summed E-state index contributed by atoms with van der Waals surface area (Å²) in [6, 6.07) is 15.1. The van der Waals surface area contributed by atoms with E-state index in [0.29, 0.717) is 41.8 Å². The average molecular weight is 531 g/mol. The van der Waals surface area contributed by atoms with Gasteiger partial charge in [0.05, 0.1) is 23.3 Å². The van der Waals surface area contributed by atoms with Crippen LogP contribution in [-0.2, 0) is 14.3 Å². The molecule has 36 heavy (non-hydrogen) atoms. The molecule has 1 saturated heterocycles. The lowest BCUT2D eigenvalue weighted by atomic mass is 9.68. The summed E-state index contributed by atoms with van der Waals surface area (Å²) in [4.78, 5) is 29.5. The summed E-state index contributed by atoms with van der Waals surface area (Å²) < 4.78 is 6.03. The first-order valence-electron chi connectivity index (χ1n) is 12.2. The van der Waals surface area contributed by atoms with Crippen molar-refractivity contribution in [2.75, 3.05) is 6.61 Å². The molecule has 0 bridgehead atoms. The molecule has 8 heteroatoms. The summed E-state index contributed by atoms with van der Waals surface area (Å²) in [5.74, 6) is -0.697. The summed E-state index contributed by atoms with van der Waals surface area (Å²) in [5, 5.41) is 13.9. The Morgan fingerprint density at radius 3 is 2.50 bits per heavy atom. The first-order valence-corrected chi connectivity index (χ1v) is 13.0. The first-order chi connectivity index (χ1) is 17.0. The molecule has 0 unspecified atom stereocenters. The van der Waals surface area contributed by atoms with Gasteiger partial charge in [0.15, 0.2) is 5.90 Å². The first kappa shape index (κ1) is 26.5. The van der Waals surface area contributed by atoms with Crippen molar-refractivity contribution < 1.29 is 19.4 Å². The Labute approximate surface area is 222 Å². The second-order valence-corrected chi connectivity index (χ2v) is 11.7. The molecule has 0 saturated carbocycles. The fourth-order valence-electron chi connectivity index (χ4n) is 5.28. The minimum absolute atomic E-state index is 0.0838. The van der Waals surface area contributed by atoms with E-state index >= 15 is 0 Å². The van der Waals surface area contributed by atoms with Gasteiger partial charge >= 0.3 is 5.97 Å². The number of carbonyl (C=O) groups excluding carboxylic acids is 1. The number of aliphatic imine (C=N–C) groups is 1. The van der Waals surface area contributed by atoms with Crippen LogP contribution in [0.15, 0.2) is 53.5 Å². The third kappa shape index (κ3) is 6.04. The predicted octanol–water partition coefficient (Wildman–Crippen LogP) is 6.22. The lowest BCUT2D eigenvalue weighted by Gasteiger charge is -2.42. The average Bonchev–Trinajstić information content (AvgIpc) is 3.16. The van der Waals surface area contributed by atoms with Gasteiger partial charge in [-0.2, -0.15) is 0 Å². The number of piperidine rings is 1. The third-order valence-corrected chi connectivity index (χ3v) is 7.65. The van der Waals surface area contributed by atoms with Gasteiger partial charge < -0.3 is 15.2 Å². The molecular weight excluding hydrogens is 499 g/mol. The van der Waals surface area contributed by atoms with E-state index in [1.165, 1.54) is 0 Å². The molecule has 4 rings (SSSR count). The Bertz CT molecular complexity index is 1160. The number of amides is 1. The summed E-state index contributed by atoms with van der Waals surface area (Å²) in [6.07, 6.45) is 1.54. The largest absolute Gasteiger partial charge is 0.481 e. The van der Waals surface area contributed by atoms with E-state index in [-0.39, 0.29) is 35.7 Å². The topological polar surface area (TPSA) is 88.0 Å². The zero-order chi connectivity index (χ0) is 26.1. The van der Waals surface area contributed by atoms with Crippen LogP contribution in [-0.4, -0.2) is 41.1 Å². The van der Waals surface area contributed by atoms with Gasteiger partial charge in [-0.25, -0.2) is 4.99 Å². The molecule has 2 aromatic rings. The minimum Gasteiger partial charge on any atom is -0.481 e. The van der Waals surface area contributed by atoms with Gasteiger partial charge in [0.1, 0.15) is 6.61 Å². The number of nitrogens with zero attached hydrogens (tertiary/aromatic N) is 1. The Morgan fingerprint density at radius 1 is 1.17 bits per heavy atom. The van der Waals surface area contributed by atoms with Crippen LogP contribution in [0.4, 0.5) is 0 Å². The number of aliphatic carboxylic acids is 1. The van der Waals surface area contributed by atoms with Gasteiger partial charge in [-0.3, -0.25) is 9.59 Å². The zero-order valence-corrected chi connectivity index (χ0v) is 22.3. The molecule has 2 N–H and O–H groups in total. The van der Waals surface area contributed by atoms with Crippen LogP contribution < -0.4 is 5.32 Å². The Kier molecular flexibility index (Phi) is 7.67. The van der Waals surface area contributed by atoms with E-state index in [0.717, 1.165) is 11.1 Å². The van der Waals surface area contributed by atoms with Crippen molar-refractivity contribution in [3.8, 4) is 0 Å². The van der Waals surface area contributed by atoms with E-state index in [4.69, 9.17) is 32.9 Å². The second-order valence-electron chi connectivity index (χ2n) is 10.8. The molecular formula is C28H32Cl2N2O4. The monoisotopic (exact) mass is 530 g/mol. The van der Waals surface area contributed by atoms with Crippen molar-refractivity contribution in [2.24, 2.45) is 10.4 Å². The van der Waals surface area contributed by atoms with E-state index in [9.17, 15) is 14.7 Å². The molecule has 1 fully saturated rings. The predicted molar refractivity (Wildman–Crippen MR) is 142 cm³/mol. The molecule has 0 spiro atoms. The van der Waals surface area contributed by atoms with E-state index in [2.05, 4.69) is 5.32 Å². The molecule has 2 aliphatic heterocycles. The lowest BCUT2D eigenvalue weighted by Crippen LogP contribution is -2.54. The molecule has 0 aromatic heterocycles. The number of carboxylic acids is 1. The smallest absolute Gasteiger partial charge is 0.304 e. The Balaban J connectivity index is 1.63. The van der Waals surface area contributed by atoms with Crippen LogP contribution in [0.2, 0.25) is 10.0 Å². The van der Waals surface area contributed by atoms with Crippen LogP contribution in [0.3, 0.4) is 0 Å². The van der Waals surface area contributed by atoms with Gasteiger partial charge in [0.25, 0.3) is 0 Å². The van der Waals surface area contributed by atoms with Crippen LogP contribution in [0.25, 0.3) is 0 Å². The van der Waals surface area contributed by atoms with E-state index in [1.54, 1.807) is 6.92 Å². The molecule has 192 valence electrons. The van der Waals surface area contributed by atoms with E-state index < -0.39 is 11.4 Å². The Hall–Kier alpha value is -2.57. The number of nitrogens with one attached hydrogen (secondary N) is 1. The van der Waals surface area contributed by atoms with Gasteiger partial charge in [-0.05, 0) is 68.5 Å². The maximum absolute atomic E-state index is 13.1. The van der Waals surface area contributed by atoms with Gasteiger partial charge in [0.2, 0.25) is 5.91 Å². The molecule has 4 atom stereocenters. The Morgan fingerprint density at radius 2 is 1.89 bits per heavy atom. The van der Waals surface area contributed by atoms with Crippen LogP contribution in [0, 0.1) is 5.41 Å². The summed E-state index contributed by atoms with van der Waals surface area (Å²) >= 11 is 12.4. The van der Waals surface area contributed by atoms with Crippen molar-refractivity contribution in [1.29, 1.82) is 0 Å². The number of hydrogen-bond acceptors (Lipinski definition) is 4. The van der Waals surface area contributed by atoms with Crippen molar-refractivity contribution in [3.63, 3.8) is 0 Å². The molecule has 2 aliphatic rings. The highest BCUT2D eigenvalue weighted by molar-refractivity contribution is 6.30. The molecule has 2 heterocycles. The SMILES string of the molecule is CC1(C)COC([C@@H](CC[C@@H]2NC(=O)[C@](C)(CC(=O)O)C[C@@H]2c2cccc(Cl)c2)c2ccc(Cl)cc2)=N1. The van der Waals surface area contributed by atoms with Crippen LogP contribution >= 0.6 is 23.2 Å². The van der Waals surface area contributed by atoms with Crippen LogP contribution in [0.1, 0.15) is 69.4 Å². The standard InChI is InChI=1S/C28H32Cl2N2O4/c1-27(2)16-36-25(32-27)21(17-7-9-19(29)10-8-17)11-12-23-22(18-5-4-6-20(30)13-18)14-28(3,15-24(33)34)26(35)31-23/h4-10,13,21-23H,11-12,14-16H2,1-3H3,(H,31,35)(H,33,34)/t21-,22+,23-,28-/m0/s1. The molecule has 6 nitrogen and oxygen atoms in total. The van der Waals surface area contributed by atoms with E-state index in [1.807, 2.05) is 62.4 Å². The maximum Gasteiger partial charge on any atom is 0.304 e. The lowest BCUT2D eigenvalue weighted by molar-refractivity contribution is -0.147. The highest BCUT2D eigenvalue weighted by Crippen LogP contribution is 2.43. The number of carbonyl (C=O) groups is 2. The zero-order valence-electron chi connectivity index (χ0n) is 20.8. The number of benzene rings is 2. The highest BCUT2D eigenvalue weighted by Gasteiger charge is 2.46. The van der Waals surface area contributed by atoms with Crippen molar-refractivity contribution in [2.45, 2.75) is 69.9 Å². The fourth-order valence-corrected chi connectivity index (χ4v) is 5.60. The summed E-state index contributed by atoms with van der Waals surface area (Å²) in [6.45, 7) is 6.33. The summed E-state index contributed by atoms with van der Waals surface area (Å²) in [5.41, 5.74) is 0.741. The van der Waals surface area contributed by atoms with Crippen LogP contribution in [0.5, 0.6) is 0 Å². The number of halogens is 2. The van der Waals surface area contributed by atoms with Gasteiger partial charge in [0, 0.05) is 22.0 Å². The summed E-state index contributed by atoms with van der Waals surface area (Å²) in [7, 11) is 0. The normalized spacial score (nSPS) is 26.0. The van der Waals surface area contributed by atoms with Gasteiger partial charge in [-0.15, -0.1) is 0 Å². The number of hydrogen-bond donors (Lipinski definition) is 2. The van der Waals surface area contributed by atoms with Crippen molar-refractivity contribution >= 4 is 41.0 Å². The molecule has 0 radical (unpaired) electrons. The molecule has 2 aromatic carbocycles. The third-order valence-electron chi connectivity index (χ3n) is 7.16. The highest BCUT2D eigenvalue weighted by atomic mass is 35.5. The quantitative estimate of drug-likeness (QED) is 0.424. The maximum atomic E-state index is 13.1. The second kappa shape index (κ2) is 10.4. The van der Waals surface area contributed by atoms with Gasteiger partial charge in [-0.1, -0.05) is 54.4 Å². The van der Waals surface area contributed by atoms with Crippen molar-refractivity contribution in [3.05, 3.63) is 69.7 Å². The molecule has 1 amide bonds. The number of carboxylic acid groups (broad SMARTS) is 1. The molecule has 0 aliphatic carbocycles. The number of ether oxygens (including phenoxy) is 1. The minimum atomic E-state index is -1.01.